The minimum absolute atomic E-state index is 0.192. The number of aromatic nitrogens is 2. The van der Waals surface area contributed by atoms with Gasteiger partial charge in [0.05, 0.1) is 12.2 Å². The van der Waals surface area contributed by atoms with Crippen molar-refractivity contribution < 1.29 is 14.4 Å². The molecule has 2 aliphatic rings. The molecule has 0 bridgehead atoms. The highest BCUT2D eigenvalue weighted by atomic mass is 16.5. The number of nitrogens with one attached hydrogen (secondary N) is 1. The Balaban J connectivity index is 1.61. The van der Waals surface area contributed by atoms with E-state index in [-0.39, 0.29) is 12.6 Å². The molecule has 0 saturated heterocycles. The lowest BCUT2D eigenvalue weighted by atomic mass is 10.0. The van der Waals surface area contributed by atoms with E-state index < -0.39 is 0 Å². The zero-order valence-electron chi connectivity index (χ0n) is 17.6. The third-order valence-corrected chi connectivity index (χ3v) is 5.55. The number of allylic oxidation sites excluding steroid dienone is 5. The molecular weight excluding hydrogens is 392 g/mol. The highest BCUT2D eigenvalue weighted by Crippen LogP contribution is 2.37. The van der Waals surface area contributed by atoms with Crippen LogP contribution in [0, 0.1) is 11.3 Å². The minimum Gasteiger partial charge on any atom is -0.497 e. The van der Waals surface area contributed by atoms with Gasteiger partial charge in [-0.15, -0.1) is 0 Å². The van der Waals surface area contributed by atoms with E-state index in [4.69, 9.17) is 14.4 Å². The van der Waals surface area contributed by atoms with Gasteiger partial charge in [-0.1, -0.05) is 35.5 Å². The van der Waals surface area contributed by atoms with Crippen LogP contribution in [-0.2, 0) is 11.2 Å². The van der Waals surface area contributed by atoms with Crippen LogP contribution in [0.25, 0.3) is 17.0 Å². The van der Waals surface area contributed by atoms with Crippen LogP contribution in [0.4, 0.5) is 0 Å². The molecule has 1 atom stereocenters. The zero-order valence-corrected chi connectivity index (χ0v) is 17.6. The monoisotopic (exact) mass is 418 g/mol. The number of nitriles is 1. The van der Waals surface area contributed by atoms with Crippen LogP contribution in [0.3, 0.4) is 0 Å². The number of fused-ring (bicyclic) bond motifs is 1. The number of aliphatic hydroxyl groups is 1. The molecule has 2 N–H and O–H groups in total. The molecule has 4 rings (SSSR count). The van der Waals surface area contributed by atoms with Crippen molar-refractivity contribution >= 4 is 5.57 Å². The summed E-state index contributed by atoms with van der Waals surface area (Å²) in [6.07, 6.45) is 8.80. The molecule has 2 aromatic rings. The van der Waals surface area contributed by atoms with Gasteiger partial charge in [-0.3, -0.25) is 0 Å². The maximum absolute atomic E-state index is 9.52. The molecule has 0 unspecified atom stereocenters. The summed E-state index contributed by atoms with van der Waals surface area (Å²) in [6.45, 7) is 3.39. The normalized spacial score (nSPS) is 17.8. The summed E-state index contributed by atoms with van der Waals surface area (Å²) in [7, 11) is 0. The molecule has 1 aromatic carbocycles. The van der Waals surface area contributed by atoms with Gasteiger partial charge < -0.3 is 19.7 Å². The fraction of sp³-hybridized carbons (Fsp3) is 0.375. The van der Waals surface area contributed by atoms with Gasteiger partial charge in [-0.25, -0.2) is 0 Å². The molecule has 1 aromatic heterocycles. The quantitative estimate of drug-likeness (QED) is 0.627. The molecule has 0 spiro atoms. The number of rotatable bonds is 8. The van der Waals surface area contributed by atoms with Gasteiger partial charge in [-0.2, -0.15) is 10.2 Å². The summed E-state index contributed by atoms with van der Waals surface area (Å²) < 4.78 is 11.2. The van der Waals surface area contributed by atoms with Crippen LogP contribution in [0.5, 0.6) is 0 Å². The number of benzene rings is 1. The van der Waals surface area contributed by atoms with Crippen molar-refractivity contribution in [2.75, 3.05) is 19.8 Å². The Morgan fingerprint density at radius 1 is 1.39 bits per heavy atom. The number of nitrogens with zero attached hydrogens (tertiary/aromatic N) is 3. The van der Waals surface area contributed by atoms with E-state index in [9.17, 15) is 5.26 Å². The largest absolute Gasteiger partial charge is 0.497 e. The maximum atomic E-state index is 9.52. The molecule has 0 saturated carbocycles. The number of hydrogen-bond acceptors (Lipinski definition) is 7. The molecule has 0 fully saturated rings. The standard InChI is InChI=1S/C24H26N4O3/c1-2-30-22-9-3-6-16(14-17(22)15-25)24-27-23(28-31-24)20-8-4-7-19-18(20)10-11-21(19)26-12-5-13-29/h3-4,6-8,14,21,26,29H,2,5,9-13H2,1H3/t21-/m0/s1. The third-order valence-electron chi connectivity index (χ3n) is 5.55. The Morgan fingerprint density at radius 3 is 3.10 bits per heavy atom. The van der Waals surface area contributed by atoms with E-state index in [0.717, 1.165) is 31.4 Å². The second kappa shape index (κ2) is 9.73. The lowest BCUT2D eigenvalue weighted by molar-refractivity contribution is 0.223. The van der Waals surface area contributed by atoms with Crippen molar-refractivity contribution in [1.29, 1.82) is 5.26 Å². The first kappa shape index (κ1) is 21.0. The number of hydrogen-bond donors (Lipinski definition) is 2. The van der Waals surface area contributed by atoms with Gasteiger partial charge in [0.1, 0.15) is 11.8 Å². The molecule has 7 heteroatoms. The number of aliphatic hydroxyl groups excluding tert-OH is 1. The van der Waals surface area contributed by atoms with Gasteiger partial charge in [0.15, 0.2) is 0 Å². The molecule has 160 valence electrons. The van der Waals surface area contributed by atoms with Gasteiger partial charge in [0.2, 0.25) is 5.82 Å². The Morgan fingerprint density at radius 2 is 2.29 bits per heavy atom. The number of ether oxygens (including phenoxy) is 1. The molecule has 31 heavy (non-hydrogen) atoms. The van der Waals surface area contributed by atoms with Gasteiger partial charge in [0.25, 0.3) is 5.89 Å². The van der Waals surface area contributed by atoms with Crippen LogP contribution < -0.4 is 5.32 Å². The third kappa shape index (κ3) is 4.46. The Hall–Kier alpha value is -3.21. The van der Waals surface area contributed by atoms with Crippen molar-refractivity contribution in [3.63, 3.8) is 0 Å². The summed E-state index contributed by atoms with van der Waals surface area (Å²) in [5.41, 5.74) is 4.63. The highest BCUT2D eigenvalue weighted by molar-refractivity contribution is 5.75. The Labute approximate surface area is 181 Å². The van der Waals surface area contributed by atoms with Crippen LogP contribution in [0.2, 0.25) is 0 Å². The molecule has 1 heterocycles. The molecular formula is C24H26N4O3. The average molecular weight is 418 g/mol. The van der Waals surface area contributed by atoms with Crippen LogP contribution in [0.1, 0.15) is 49.2 Å². The fourth-order valence-corrected chi connectivity index (χ4v) is 4.11. The lowest BCUT2D eigenvalue weighted by Crippen LogP contribution is -2.21. The first-order valence-corrected chi connectivity index (χ1v) is 10.7. The van der Waals surface area contributed by atoms with E-state index in [1.54, 1.807) is 6.08 Å². The van der Waals surface area contributed by atoms with Crippen molar-refractivity contribution in [1.82, 2.24) is 15.5 Å². The van der Waals surface area contributed by atoms with Crippen molar-refractivity contribution in [3.8, 4) is 17.5 Å². The predicted molar refractivity (Wildman–Crippen MR) is 117 cm³/mol. The van der Waals surface area contributed by atoms with Gasteiger partial charge in [-0.05, 0) is 49.9 Å². The maximum Gasteiger partial charge on any atom is 0.258 e. The summed E-state index contributed by atoms with van der Waals surface area (Å²) in [6, 6.07) is 8.66. The van der Waals surface area contributed by atoms with Crippen LogP contribution in [0.15, 0.2) is 52.3 Å². The van der Waals surface area contributed by atoms with Crippen molar-refractivity contribution in [2.45, 2.75) is 38.6 Å². The molecule has 0 amide bonds. The smallest absolute Gasteiger partial charge is 0.258 e. The molecule has 0 radical (unpaired) electrons. The Kier molecular flexibility index (Phi) is 6.60. The average Bonchev–Trinajstić information content (AvgIpc) is 3.38. The topological polar surface area (TPSA) is 104 Å². The van der Waals surface area contributed by atoms with Crippen molar-refractivity contribution in [3.05, 3.63) is 64.8 Å². The van der Waals surface area contributed by atoms with E-state index >= 15 is 0 Å². The second-order valence-electron chi connectivity index (χ2n) is 7.51. The molecule has 0 aliphatic heterocycles. The fourth-order valence-electron chi connectivity index (χ4n) is 4.11. The first-order chi connectivity index (χ1) is 15.2. The van der Waals surface area contributed by atoms with E-state index in [0.29, 0.717) is 41.6 Å². The summed E-state index contributed by atoms with van der Waals surface area (Å²) in [4.78, 5) is 4.64. The summed E-state index contributed by atoms with van der Waals surface area (Å²) in [5.74, 6) is 1.58. The highest BCUT2D eigenvalue weighted by Gasteiger charge is 2.26. The van der Waals surface area contributed by atoms with E-state index in [1.165, 1.54) is 11.1 Å². The second-order valence-corrected chi connectivity index (χ2v) is 7.51. The predicted octanol–water partition coefficient (Wildman–Crippen LogP) is 3.85. The Bertz CT molecular complexity index is 1070. The first-order valence-electron chi connectivity index (χ1n) is 10.7. The zero-order chi connectivity index (χ0) is 21.6. The van der Waals surface area contributed by atoms with Crippen LogP contribution >= 0.6 is 0 Å². The van der Waals surface area contributed by atoms with E-state index in [2.05, 4.69) is 27.6 Å². The van der Waals surface area contributed by atoms with Gasteiger partial charge in [0, 0.05) is 30.2 Å². The molecule has 7 nitrogen and oxygen atoms in total. The molecule has 2 aliphatic carbocycles. The van der Waals surface area contributed by atoms with Crippen LogP contribution in [-0.4, -0.2) is 35.0 Å². The van der Waals surface area contributed by atoms with Gasteiger partial charge >= 0.3 is 0 Å². The summed E-state index contributed by atoms with van der Waals surface area (Å²) in [5, 5.41) is 26.3. The van der Waals surface area contributed by atoms with Crippen molar-refractivity contribution in [2.24, 2.45) is 0 Å². The summed E-state index contributed by atoms with van der Waals surface area (Å²) >= 11 is 0. The van der Waals surface area contributed by atoms with E-state index in [1.807, 2.05) is 31.2 Å². The lowest BCUT2D eigenvalue weighted by Gasteiger charge is -2.14. The minimum atomic E-state index is 0.192. The SMILES string of the molecule is CCOC1=C(C#N)C=C(c2nc(-c3cccc4c3CC[C@@H]4NCCCO)no2)C=CC1.